The molecule has 0 spiro atoms. The lowest BCUT2D eigenvalue weighted by Crippen LogP contribution is -1.94. The summed E-state index contributed by atoms with van der Waals surface area (Å²) >= 11 is 0. The predicted octanol–water partition coefficient (Wildman–Crippen LogP) is 0.355. The average Bonchev–Trinajstić information content (AvgIpc) is 2.10. The van der Waals surface area contributed by atoms with Gasteiger partial charge in [-0.2, -0.15) is 0 Å². The van der Waals surface area contributed by atoms with Crippen LogP contribution in [0, 0.1) is 0 Å². The third-order valence-corrected chi connectivity index (χ3v) is 0.908. The van der Waals surface area contributed by atoms with E-state index in [4.69, 9.17) is 5.11 Å². The van der Waals surface area contributed by atoms with Gasteiger partial charge in [-0.05, 0) is 19.2 Å². The van der Waals surface area contributed by atoms with Crippen LogP contribution in [0.4, 0.5) is 0 Å². The lowest BCUT2D eigenvalue weighted by Gasteiger charge is -1.87. The molecule has 4 heteroatoms. The number of pyridine rings is 1. The lowest BCUT2D eigenvalue weighted by atomic mass is 10.3. The van der Waals surface area contributed by atoms with Crippen LogP contribution in [-0.2, 0) is 0 Å². The topological polar surface area (TPSA) is 76.2 Å². The van der Waals surface area contributed by atoms with E-state index in [1.54, 1.807) is 6.07 Å². The van der Waals surface area contributed by atoms with E-state index in [9.17, 15) is 4.79 Å². The Labute approximate surface area is 64.7 Å². The highest BCUT2D eigenvalue weighted by molar-refractivity contribution is 5.86. The summed E-state index contributed by atoms with van der Waals surface area (Å²) in [4.78, 5) is 13.8. The Morgan fingerprint density at radius 3 is 2.55 bits per heavy atom. The van der Waals surface area contributed by atoms with Crippen LogP contribution in [0.5, 0.6) is 0 Å². The molecule has 11 heavy (non-hydrogen) atoms. The first-order chi connectivity index (χ1) is 5.30. The van der Waals surface area contributed by atoms with Gasteiger partial charge in [-0.1, -0.05) is 0 Å². The van der Waals surface area contributed by atoms with Crippen LogP contribution in [0.15, 0.2) is 24.5 Å². The van der Waals surface area contributed by atoms with Gasteiger partial charge in [0.15, 0.2) is 0 Å². The lowest BCUT2D eigenvalue weighted by molar-refractivity contribution is 0.0696. The zero-order chi connectivity index (χ0) is 8.69. The van der Waals surface area contributed by atoms with Gasteiger partial charge in [0.2, 0.25) is 0 Å². The summed E-state index contributed by atoms with van der Waals surface area (Å²) in [6, 6.07) is 3.08. The molecule has 1 aromatic heterocycles. The SMILES string of the molecule is CN.O=C(O)c1cccnc1. The Morgan fingerprint density at radius 1 is 1.64 bits per heavy atom. The van der Waals surface area contributed by atoms with Gasteiger partial charge in [0.05, 0.1) is 5.56 Å². The molecule has 0 bridgehead atoms. The van der Waals surface area contributed by atoms with Crippen LogP contribution < -0.4 is 5.73 Å². The number of carboxylic acid groups (broad SMARTS) is 1. The maximum absolute atomic E-state index is 10.2. The minimum Gasteiger partial charge on any atom is -0.478 e. The van der Waals surface area contributed by atoms with Crippen LogP contribution in [-0.4, -0.2) is 23.1 Å². The van der Waals surface area contributed by atoms with E-state index >= 15 is 0 Å². The molecule has 0 aromatic carbocycles. The summed E-state index contributed by atoms with van der Waals surface area (Å²) in [7, 11) is 1.50. The van der Waals surface area contributed by atoms with E-state index in [-0.39, 0.29) is 5.56 Å². The van der Waals surface area contributed by atoms with Crippen molar-refractivity contribution in [3.63, 3.8) is 0 Å². The molecule has 0 aliphatic rings. The largest absolute Gasteiger partial charge is 0.478 e. The molecule has 1 rings (SSSR count). The fraction of sp³-hybridized carbons (Fsp3) is 0.143. The highest BCUT2D eigenvalue weighted by Gasteiger charge is 1.97. The normalized spacial score (nSPS) is 7.82. The Bertz CT molecular complexity index is 211. The highest BCUT2D eigenvalue weighted by atomic mass is 16.4. The molecule has 3 N–H and O–H groups in total. The molecule has 0 radical (unpaired) electrons. The van der Waals surface area contributed by atoms with Gasteiger partial charge >= 0.3 is 5.97 Å². The van der Waals surface area contributed by atoms with Crippen LogP contribution in [0.3, 0.4) is 0 Å². The first-order valence-electron chi connectivity index (χ1n) is 3.02. The third-order valence-electron chi connectivity index (χ3n) is 0.908. The van der Waals surface area contributed by atoms with Gasteiger partial charge in [0, 0.05) is 12.4 Å². The van der Waals surface area contributed by atoms with Gasteiger partial charge in [0.25, 0.3) is 0 Å². The van der Waals surface area contributed by atoms with Crippen LogP contribution in [0.2, 0.25) is 0 Å². The van der Waals surface area contributed by atoms with Gasteiger partial charge in [-0.15, -0.1) is 0 Å². The second kappa shape index (κ2) is 5.37. The Balaban J connectivity index is 0.000000461. The average molecular weight is 154 g/mol. The molecule has 4 nitrogen and oxygen atoms in total. The Kier molecular flexibility index (Phi) is 4.68. The number of hydrogen-bond donors (Lipinski definition) is 2. The number of carboxylic acids is 1. The molecule has 1 heterocycles. The Morgan fingerprint density at radius 2 is 2.27 bits per heavy atom. The molecule has 60 valence electrons. The van der Waals surface area contributed by atoms with E-state index in [1.807, 2.05) is 0 Å². The van der Waals surface area contributed by atoms with Crippen molar-refractivity contribution in [2.45, 2.75) is 0 Å². The van der Waals surface area contributed by atoms with Crippen molar-refractivity contribution in [2.24, 2.45) is 5.73 Å². The summed E-state index contributed by atoms with van der Waals surface area (Å²) in [5, 5.41) is 8.34. The fourth-order valence-corrected chi connectivity index (χ4v) is 0.489. The van der Waals surface area contributed by atoms with Crippen molar-refractivity contribution >= 4 is 5.97 Å². The van der Waals surface area contributed by atoms with Crippen LogP contribution in [0.25, 0.3) is 0 Å². The van der Waals surface area contributed by atoms with Crippen molar-refractivity contribution in [1.29, 1.82) is 0 Å². The smallest absolute Gasteiger partial charge is 0.337 e. The summed E-state index contributed by atoms with van der Waals surface area (Å²) < 4.78 is 0. The molecule has 0 aliphatic heterocycles. The van der Waals surface area contributed by atoms with E-state index in [2.05, 4.69) is 10.7 Å². The van der Waals surface area contributed by atoms with Crippen molar-refractivity contribution in [3.05, 3.63) is 30.1 Å². The first-order valence-corrected chi connectivity index (χ1v) is 3.02. The molecule has 1 aromatic rings. The predicted molar refractivity (Wildman–Crippen MR) is 41.3 cm³/mol. The summed E-state index contributed by atoms with van der Waals surface area (Å²) in [5.41, 5.74) is 4.72. The van der Waals surface area contributed by atoms with E-state index in [1.165, 1.54) is 25.5 Å². The maximum atomic E-state index is 10.2. The number of carbonyl (C=O) groups is 1. The summed E-state index contributed by atoms with van der Waals surface area (Å²) in [5.74, 6) is -0.942. The number of rotatable bonds is 1. The van der Waals surface area contributed by atoms with Crippen molar-refractivity contribution in [1.82, 2.24) is 4.98 Å². The zero-order valence-electron chi connectivity index (χ0n) is 6.19. The molecule has 0 saturated carbocycles. The number of nitrogens with two attached hydrogens (primary N) is 1. The summed E-state index contributed by atoms with van der Waals surface area (Å²) in [6.45, 7) is 0. The van der Waals surface area contributed by atoms with Gasteiger partial charge in [-0.25, -0.2) is 4.79 Å². The van der Waals surface area contributed by atoms with Gasteiger partial charge < -0.3 is 10.8 Å². The molecule has 0 saturated heterocycles. The highest BCUT2D eigenvalue weighted by Crippen LogP contribution is 1.92. The van der Waals surface area contributed by atoms with E-state index in [0.29, 0.717) is 0 Å². The number of aromatic carboxylic acids is 1. The second-order valence-electron chi connectivity index (χ2n) is 1.55. The standard InChI is InChI=1S/C6H5NO2.CH5N/c8-6(9)5-2-1-3-7-4-5;1-2/h1-4H,(H,8,9);2H2,1H3. The van der Waals surface area contributed by atoms with E-state index in [0.717, 1.165) is 0 Å². The Hall–Kier alpha value is -1.42. The molecule has 0 aliphatic carbocycles. The monoisotopic (exact) mass is 154 g/mol. The van der Waals surface area contributed by atoms with Crippen molar-refractivity contribution < 1.29 is 9.90 Å². The number of nitrogens with zero attached hydrogens (tertiary/aromatic N) is 1. The van der Waals surface area contributed by atoms with Gasteiger partial charge in [0.1, 0.15) is 0 Å². The van der Waals surface area contributed by atoms with Crippen molar-refractivity contribution in [2.75, 3.05) is 7.05 Å². The fourth-order valence-electron chi connectivity index (χ4n) is 0.489. The molecule has 0 unspecified atom stereocenters. The molecule has 0 amide bonds. The minimum atomic E-state index is -0.942. The van der Waals surface area contributed by atoms with Crippen LogP contribution >= 0.6 is 0 Å². The zero-order valence-corrected chi connectivity index (χ0v) is 6.19. The second-order valence-corrected chi connectivity index (χ2v) is 1.55. The van der Waals surface area contributed by atoms with Gasteiger partial charge in [-0.3, -0.25) is 4.98 Å². The van der Waals surface area contributed by atoms with Crippen molar-refractivity contribution in [3.8, 4) is 0 Å². The summed E-state index contributed by atoms with van der Waals surface area (Å²) in [6.07, 6.45) is 2.84. The molecule has 0 atom stereocenters. The number of hydrogen-bond acceptors (Lipinski definition) is 3. The quantitative estimate of drug-likeness (QED) is 0.612. The van der Waals surface area contributed by atoms with Crippen LogP contribution in [0.1, 0.15) is 10.4 Å². The molecular weight excluding hydrogens is 144 g/mol. The molecule has 0 fully saturated rings. The maximum Gasteiger partial charge on any atom is 0.337 e. The molecular formula is C7H10N2O2. The minimum absolute atomic E-state index is 0.220. The van der Waals surface area contributed by atoms with E-state index < -0.39 is 5.97 Å². The third kappa shape index (κ3) is 3.32. The number of aromatic nitrogens is 1. The first kappa shape index (κ1) is 9.58.